The van der Waals surface area contributed by atoms with E-state index in [9.17, 15) is 4.79 Å². The lowest BCUT2D eigenvalue weighted by molar-refractivity contribution is 0.100. The third-order valence-electron chi connectivity index (χ3n) is 6.31. The van der Waals surface area contributed by atoms with Gasteiger partial charge in [0.15, 0.2) is 0 Å². The first-order valence-electron chi connectivity index (χ1n) is 10.7. The van der Waals surface area contributed by atoms with Crippen LogP contribution >= 0.6 is 0 Å². The van der Waals surface area contributed by atoms with Gasteiger partial charge in [-0.3, -0.25) is 4.79 Å². The Bertz CT molecular complexity index is 1470. The van der Waals surface area contributed by atoms with Crippen LogP contribution in [-0.4, -0.2) is 15.6 Å². The molecule has 3 aromatic carbocycles. The lowest BCUT2D eigenvalue weighted by Gasteiger charge is -2.18. The number of nitrogens with two attached hydrogens (primary N) is 1. The molecule has 2 N–H and O–H groups in total. The average molecular weight is 424 g/mol. The van der Waals surface area contributed by atoms with Gasteiger partial charge in [-0.25, -0.2) is 0 Å². The van der Waals surface area contributed by atoms with Crippen LogP contribution in [0.5, 0.6) is 0 Å². The van der Waals surface area contributed by atoms with Gasteiger partial charge in [-0.1, -0.05) is 47.1 Å². The molecule has 5 nitrogen and oxygen atoms in total. The highest BCUT2D eigenvalue weighted by Gasteiger charge is 2.23. The van der Waals surface area contributed by atoms with E-state index in [4.69, 9.17) is 10.3 Å². The zero-order valence-electron chi connectivity index (χ0n) is 18.6. The fourth-order valence-corrected chi connectivity index (χ4v) is 4.82. The highest BCUT2D eigenvalue weighted by molar-refractivity contribution is 6.19. The van der Waals surface area contributed by atoms with Crippen molar-refractivity contribution in [2.24, 2.45) is 5.73 Å². The number of nitrogens with zero attached hydrogens (tertiary/aromatic N) is 2. The fourth-order valence-electron chi connectivity index (χ4n) is 4.82. The zero-order chi connectivity index (χ0) is 22.6. The second-order valence-corrected chi connectivity index (χ2v) is 8.46. The number of aromatic nitrogens is 2. The summed E-state index contributed by atoms with van der Waals surface area (Å²) >= 11 is 0. The minimum absolute atomic E-state index is 0.0551. The molecular formula is C27H25N3O2. The lowest BCUT2D eigenvalue weighted by Crippen LogP contribution is -2.12. The second kappa shape index (κ2) is 7.38. The van der Waals surface area contributed by atoms with Crippen molar-refractivity contribution in [2.45, 2.75) is 33.7 Å². The van der Waals surface area contributed by atoms with Crippen LogP contribution in [0.1, 0.15) is 45.9 Å². The summed E-state index contributed by atoms with van der Waals surface area (Å²) in [6, 6.07) is 20.8. The van der Waals surface area contributed by atoms with Gasteiger partial charge in [-0.05, 0) is 63.1 Å². The topological polar surface area (TPSA) is 74.1 Å². The third-order valence-corrected chi connectivity index (χ3v) is 6.31. The van der Waals surface area contributed by atoms with E-state index in [-0.39, 0.29) is 6.04 Å². The van der Waals surface area contributed by atoms with E-state index >= 15 is 0 Å². The minimum Gasteiger partial charge on any atom is -0.366 e. The van der Waals surface area contributed by atoms with E-state index in [0.29, 0.717) is 11.3 Å². The first-order valence-corrected chi connectivity index (χ1v) is 10.7. The monoisotopic (exact) mass is 423 g/mol. The average Bonchev–Trinajstić information content (AvgIpc) is 3.29. The minimum atomic E-state index is -0.448. The van der Waals surface area contributed by atoms with Gasteiger partial charge < -0.3 is 14.8 Å². The number of fused-ring (bicyclic) bond motifs is 3. The van der Waals surface area contributed by atoms with Crippen molar-refractivity contribution in [1.82, 2.24) is 9.72 Å². The number of hydrogen-bond donors (Lipinski definition) is 1. The van der Waals surface area contributed by atoms with E-state index < -0.39 is 5.91 Å². The Morgan fingerprint density at radius 1 is 1.00 bits per heavy atom. The molecule has 0 bridgehead atoms. The molecule has 0 saturated heterocycles. The summed E-state index contributed by atoms with van der Waals surface area (Å²) in [4.78, 5) is 12.7. The Morgan fingerprint density at radius 3 is 2.41 bits per heavy atom. The van der Waals surface area contributed by atoms with Gasteiger partial charge in [0, 0.05) is 27.4 Å². The molecule has 1 amide bonds. The summed E-state index contributed by atoms with van der Waals surface area (Å²) in [6.45, 7) is 8.03. The molecule has 5 rings (SSSR count). The van der Waals surface area contributed by atoms with Crippen molar-refractivity contribution in [3.05, 3.63) is 88.8 Å². The van der Waals surface area contributed by atoms with Gasteiger partial charge in [-0.15, -0.1) is 0 Å². The SMILES string of the molecule is Cc1ccc2c(c1)c1c(C(N)=O)cc(-c3c(C)noc3C)cc1n2C(C)c1ccccc1. The maximum atomic E-state index is 12.7. The van der Waals surface area contributed by atoms with Crippen LogP contribution in [0.15, 0.2) is 65.2 Å². The molecule has 1 unspecified atom stereocenters. The number of rotatable bonds is 4. The van der Waals surface area contributed by atoms with Crippen LogP contribution in [0.2, 0.25) is 0 Å². The van der Waals surface area contributed by atoms with Crippen LogP contribution < -0.4 is 5.73 Å². The Morgan fingerprint density at radius 2 is 1.75 bits per heavy atom. The number of hydrogen-bond acceptors (Lipinski definition) is 3. The van der Waals surface area contributed by atoms with E-state index in [1.165, 1.54) is 5.56 Å². The Kier molecular flexibility index (Phi) is 4.63. The summed E-state index contributed by atoms with van der Waals surface area (Å²) in [6.07, 6.45) is 0. The van der Waals surface area contributed by atoms with E-state index in [1.54, 1.807) is 0 Å². The Hall–Kier alpha value is -3.86. The molecule has 5 aromatic rings. The standard InChI is InChI=1S/C27H25N3O2/c1-15-10-11-23-21(12-15)26-22(27(28)31)13-20(25-16(2)29-32-18(25)4)14-24(26)30(23)17(3)19-8-6-5-7-9-19/h5-14,17H,1-4H3,(H2,28,31). The first-order chi connectivity index (χ1) is 15.4. The normalized spacial score (nSPS) is 12.5. The molecule has 160 valence electrons. The molecule has 0 saturated carbocycles. The number of primary amides is 1. The quantitative estimate of drug-likeness (QED) is 0.380. The Labute approximate surface area is 186 Å². The molecule has 0 aliphatic carbocycles. The zero-order valence-corrected chi connectivity index (χ0v) is 18.6. The summed E-state index contributed by atoms with van der Waals surface area (Å²) in [5.41, 5.74) is 13.3. The van der Waals surface area contributed by atoms with Crippen molar-refractivity contribution in [3.63, 3.8) is 0 Å². The predicted octanol–water partition coefficient (Wildman–Crippen LogP) is 6.08. The van der Waals surface area contributed by atoms with Crippen LogP contribution in [-0.2, 0) is 0 Å². The molecule has 2 aromatic heterocycles. The van der Waals surface area contributed by atoms with Crippen LogP contribution in [0, 0.1) is 20.8 Å². The van der Waals surface area contributed by atoms with Crippen LogP contribution in [0.4, 0.5) is 0 Å². The Balaban J connectivity index is 1.94. The maximum absolute atomic E-state index is 12.7. The third kappa shape index (κ3) is 3.01. The lowest BCUT2D eigenvalue weighted by atomic mass is 9.97. The van der Waals surface area contributed by atoms with Crippen molar-refractivity contribution >= 4 is 27.7 Å². The molecule has 0 fully saturated rings. The molecule has 0 spiro atoms. The van der Waals surface area contributed by atoms with Crippen LogP contribution in [0.3, 0.4) is 0 Å². The number of carbonyl (C=O) groups excluding carboxylic acids is 1. The van der Waals surface area contributed by atoms with Crippen molar-refractivity contribution < 1.29 is 9.32 Å². The van der Waals surface area contributed by atoms with Gasteiger partial charge in [0.2, 0.25) is 5.91 Å². The van der Waals surface area contributed by atoms with E-state index in [0.717, 1.165) is 44.2 Å². The first kappa shape index (κ1) is 20.1. The summed E-state index contributed by atoms with van der Waals surface area (Å²) in [7, 11) is 0. The van der Waals surface area contributed by atoms with Crippen LogP contribution in [0.25, 0.3) is 32.9 Å². The predicted molar refractivity (Wildman–Crippen MR) is 128 cm³/mol. The van der Waals surface area contributed by atoms with Gasteiger partial charge in [-0.2, -0.15) is 0 Å². The van der Waals surface area contributed by atoms with Gasteiger partial charge in [0.25, 0.3) is 0 Å². The molecule has 1 atom stereocenters. The van der Waals surface area contributed by atoms with E-state index in [1.807, 2.05) is 38.1 Å². The molecule has 2 heterocycles. The molecule has 0 aliphatic heterocycles. The number of carbonyl (C=O) groups is 1. The highest BCUT2D eigenvalue weighted by atomic mass is 16.5. The van der Waals surface area contributed by atoms with Gasteiger partial charge in [0.1, 0.15) is 5.76 Å². The molecule has 0 aliphatic rings. The van der Waals surface area contributed by atoms with Crippen molar-refractivity contribution in [3.8, 4) is 11.1 Å². The largest absolute Gasteiger partial charge is 0.366 e. The second-order valence-electron chi connectivity index (χ2n) is 8.46. The van der Waals surface area contributed by atoms with Crippen molar-refractivity contribution in [2.75, 3.05) is 0 Å². The number of benzene rings is 3. The van der Waals surface area contributed by atoms with Gasteiger partial charge in [0.05, 0.1) is 17.3 Å². The highest BCUT2D eigenvalue weighted by Crippen LogP contribution is 2.40. The molecule has 32 heavy (non-hydrogen) atoms. The van der Waals surface area contributed by atoms with E-state index in [2.05, 4.69) is 60.0 Å². The molecule has 0 radical (unpaired) electrons. The fraction of sp³-hybridized carbons (Fsp3) is 0.185. The summed E-state index contributed by atoms with van der Waals surface area (Å²) in [5.74, 6) is 0.267. The number of amides is 1. The molecular weight excluding hydrogens is 398 g/mol. The summed E-state index contributed by atoms with van der Waals surface area (Å²) in [5, 5.41) is 6.02. The smallest absolute Gasteiger partial charge is 0.249 e. The molecule has 5 heteroatoms. The number of aryl methyl sites for hydroxylation is 3. The maximum Gasteiger partial charge on any atom is 0.249 e. The van der Waals surface area contributed by atoms with Crippen molar-refractivity contribution in [1.29, 1.82) is 0 Å². The van der Waals surface area contributed by atoms with Gasteiger partial charge >= 0.3 is 0 Å². The summed E-state index contributed by atoms with van der Waals surface area (Å²) < 4.78 is 7.71.